The van der Waals surface area contributed by atoms with E-state index in [0.29, 0.717) is 0 Å². The SMILES string of the molecule is Cc1ccc(C(C)Nc2ccc(-n3ccnc3)nc2)cc1. The van der Waals surface area contributed by atoms with E-state index in [4.69, 9.17) is 0 Å². The zero-order chi connectivity index (χ0) is 14.7. The number of nitrogens with zero attached hydrogens (tertiary/aromatic N) is 3. The fourth-order valence-electron chi connectivity index (χ4n) is 2.21. The summed E-state index contributed by atoms with van der Waals surface area (Å²) in [4.78, 5) is 8.47. The second-order valence-corrected chi connectivity index (χ2v) is 5.15. The van der Waals surface area contributed by atoms with Gasteiger partial charge >= 0.3 is 0 Å². The lowest BCUT2D eigenvalue weighted by Gasteiger charge is -2.16. The Morgan fingerprint density at radius 3 is 2.52 bits per heavy atom. The van der Waals surface area contributed by atoms with Crippen molar-refractivity contribution in [2.75, 3.05) is 5.32 Å². The lowest BCUT2D eigenvalue weighted by Crippen LogP contribution is -2.07. The summed E-state index contributed by atoms with van der Waals surface area (Å²) in [6.07, 6.45) is 7.21. The second-order valence-electron chi connectivity index (χ2n) is 5.15. The number of hydrogen-bond donors (Lipinski definition) is 1. The van der Waals surface area contributed by atoms with Crippen molar-refractivity contribution in [3.63, 3.8) is 0 Å². The molecule has 3 rings (SSSR count). The van der Waals surface area contributed by atoms with Crippen LogP contribution in [-0.4, -0.2) is 14.5 Å². The molecular formula is C17H18N4. The molecule has 1 N–H and O–H groups in total. The van der Waals surface area contributed by atoms with Gasteiger partial charge in [-0.15, -0.1) is 0 Å². The van der Waals surface area contributed by atoms with Gasteiger partial charge in [-0.05, 0) is 31.5 Å². The first-order chi connectivity index (χ1) is 10.2. The Bertz CT molecular complexity index is 685. The topological polar surface area (TPSA) is 42.7 Å². The Balaban J connectivity index is 1.71. The van der Waals surface area contributed by atoms with E-state index in [1.54, 1.807) is 12.5 Å². The van der Waals surface area contributed by atoms with Crippen LogP contribution in [0.4, 0.5) is 5.69 Å². The molecule has 1 atom stereocenters. The summed E-state index contributed by atoms with van der Waals surface area (Å²) in [5, 5.41) is 3.46. The first-order valence-corrected chi connectivity index (χ1v) is 7.00. The van der Waals surface area contributed by atoms with Crippen molar-refractivity contribution in [1.29, 1.82) is 0 Å². The fraction of sp³-hybridized carbons (Fsp3) is 0.176. The van der Waals surface area contributed by atoms with E-state index in [-0.39, 0.29) is 6.04 Å². The third-order valence-electron chi connectivity index (χ3n) is 3.48. The van der Waals surface area contributed by atoms with Gasteiger partial charge in [-0.25, -0.2) is 9.97 Å². The van der Waals surface area contributed by atoms with E-state index in [1.807, 2.05) is 29.1 Å². The highest BCUT2D eigenvalue weighted by atomic mass is 15.1. The molecule has 0 saturated carbocycles. The summed E-state index contributed by atoms with van der Waals surface area (Å²) in [5.41, 5.74) is 3.54. The largest absolute Gasteiger partial charge is 0.377 e. The van der Waals surface area contributed by atoms with Crippen LogP contribution in [0.3, 0.4) is 0 Å². The van der Waals surface area contributed by atoms with Crippen molar-refractivity contribution >= 4 is 5.69 Å². The molecule has 2 heterocycles. The van der Waals surface area contributed by atoms with E-state index in [9.17, 15) is 0 Å². The number of pyridine rings is 1. The third-order valence-corrected chi connectivity index (χ3v) is 3.48. The van der Waals surface area contributed by atoms with Gasteiger partial charge in [0.1, 0.15) is 12.1 Å². The first kappa shape index (κ1) is 13.4. The smallest absolute Gasteiger partial charge is 0.137 e. The number of aromatic nitrogens is 3. The van der Waals surface area contributed by atoms with Crippen molar-refractivity contribution in [3.8, 4) is 5.82 Å². The highest BCUT2D eigenvalue weighted by Crippen LogP contribution is 2.19. The maximum atomic E-state index is 4.44. The van der Waals surface area contributed by atoms with Gasteiger partial charge in [0.25, 0.3) is 0 Å². The van der Waals surface area contributed by atoms with Crippen molar-refractivity contribution in [2.45, 2.75) is 19.9 Å². The zero-order valence-electron chi connectivity index (χ0n) is 12.2. The number of nitrogens with one attached hydrogen (secondary N) is 1. The molecule has 0 radical (unpaired) electrons. The van der Waals surface area contributed by atoms with Crippen LogP contribution < -0.4 is 5.32 Å². The minimum atomic E-state index is 0.242. The van der Waals surface area contributed by atoms with Crippen LogP contribution in [0.25, 0.3) is 5.82 Å². The molecule has 3 aromatic rings. The molecule has 0 spiro atoms. The highest BCUT2D eigenvalue weighted by molar-refractivity contribution is 5.46. The van der Waals surface area contributed by atoms with E-state index in [0.717, 1.165) is 11.5 Å². The van der Waals surface area contributed by atoms with Crippen molar-refractivity contribution < 1.29 is 0 Å². The normalized spacial score (nSPS) is 12.1. The van der Waals surface area contributed by atoms with Crippen molar-refractivity contribution in [1.82, 2.24) is 14.5 Å². The molecule has 0 amide bonds. The van der Waals surface area contributed by atoms with Crippen LogP contribution in [0, 0.1) is 6.92 Å². The number of anilines is 1. The molecule has 0 fully saturated rings. The Morgan fingerprint density at radius 2 is 1.90 bits per heavy atom. The quantitative estimate of drug-likeness (QED) is 0.790. The standard InChI is InChI=1S/C17H18N4/c1-13-3-5-15(6-4-13)14(2)20-16-7-8-17(19-11-16)21-10-9-18-12-21/h3-12,14,20H,1-2H3. The summed E-state index contributed by atoms with van der Waals surface area (Å²) >= 11 is 0. The molecule has 0 aliphatic heterocycles. The van der Waals surface area contributed by atoms with Gasteiger partial charge in [-0.3, -0.25) is 4.57 Å². The number of aryl methyl sites for hydroxylation is 1. The average molecular weight is 278 g/mol. The number of imidazole rings is 1. The van der Waals surface area contributed by atoms with Crippen LogP contribution in [0.2, 0.25) is 0 Å². The van der Waals surface area contributed by atoms with Crippen LogP contribution >= 0.6 is 0 Å². The minimum absolute atomic E-state index is 0.242. The van der Waals surface area contributed by atoms with Gasteiger partial charge in [0.15, 0.2) is 0 Å². The summed E-state index contributed by atoms with van der Waals surface area (Å²) in [7, 11) is 0. The van der Waals surface area contributed by atoms with Gasteiger partial charge in [-0.2, -0.15) is 0 Å². The Kier molecular flexibility index (Phi) is 3.69. The van der Waals surface area contributed by atoms with E-state index in [1.165, 1.54) is 11.1 Å². The summed E-state index contributed by atoms with van der Waals surface area (Å²) in [6.45, 7) is 4.25. The van der Waals surface area contributed by atoms with Gasteiger partial charge in [-0.1, -0.05) is 29.8 Å². The molecule has 0 bridgehead atoms. The summed E-state index contributed by atoms with van der Waals surface area (Å²) in [6, 6.07) is 12.8. The number of benzene rings is 1. The monoisotopic (exact) mass is 278 g/mol. The molecular weight excluding hydrogens is 260 g/mol. The van der Waals surface area contributed by atoms with Gasteiger partial charge in [0.05, 0.1) is 11.9 Å². The maximum absolute atomic E-state index is 4.44. The summed E-state index contributed by atoms with van der Waals surface area (Å²) < 4.78 is 1.88. The molecule has 0 saturated heterocycles. The molecule has 0 aliphatic carbocycles. The highest BCUT2D eigenvalue weighted by Gasteiger charge is 2.05. The second kappa shape index (κ2) is 5.79. The average Bonchev–Trinajstić information content (AvgIpc) is 3.03. The molecule has 4 nitrogen and oxygen atoms in total. The Hall–Kier alpha value is -2.62. The lowest BCUT2D eigenvalue weighted by atomic mass is 10.1. The zero-order valence-corrected chi connectivity index (χ0v) is 12.2. The van der Waals surface area contributed by atoms with Gasteiger partial charge in [0.2, 0.25) is 0 Å². The van der Waals surface area contributed by atoms with Crippen molar-refractivity contribution in [2.24, 2.45) is 0 Å². The van der Waals surface area contributed by atoms with Gasteiger partial charge in [0, 0.05) is 18.4 Å². The molecule has 21 heavy (non-hydrogen) atoms. The number of rotatable bonds is 4. The molecule has 1 unspecified atom stereocenters. The molecule has 106 valence electrons. The molecule has 0 aliphatic rings. The van der Waals surface area contributed by atoms with Crippen LogP contribution in [0.1, 0.15) is 24.1 Å². The number of hydrogen-bond acceptors (Lipinski definition) is 3. The van der Waals surface area contributed by atoms with E-state index < -0.39 is 0 Å². The predicted octanol–water partition coefficient (Wildman–Crippen LogP) is 3.75. The first-order valence-electron chi connectivity index (χ1n) is 7.00. The third kappa shape index (κ3) is 3.11. The molecule has 4 heteroatoms. The molecule has 2 aromatic heterocycles. The van der Waals surface area contributed by atoms with Crippen molar-refractivity contribution in [3.05, 3.63) is 72.4 Å². The van der Waals surface area contributed by atoms with E-state index in [2.05, 4.69) is 53.4 Å². The molecule has 1 aromatic carbocycles. The lowest BCUT2D eigenvalue weighted by molar-refractivity contribution is 0.880. The Morgan fingerprint density at radius 1 is 1.10 bits per heavy atom. The van der Waals surface area contributed by atoms with Gasteiger partial charge < -0.3 is 5.32 Å². The predicted molar refractivity (Wildman–Crippen MR) is 84.6 cm³/mol. The van der Waals surface area contributed by atoms with E-state index >= 15 is 0 Å². The van der Waals surface area contributed by atoms with Crippen LogP contribution in [0.5, 0.6) is 0 Å². The summed E-state index contributed by atoms with van der Waals surface area (Å²) in [5.74, 6) is 0.862. The Labute approximate surface area is 124 Å². The van der Waals surface area contributed by atoms with Crippen LogP contribution in [-0.2, 0) is 0 Å². The fourth-order valence-corrected chi connectivity index (χ4v) is 2.21. The maximum Gasteiger partial charge on any atom is 0.137 e. The van der Waals surface area contributed by atoms with Crippen LogP contribution in [0.15, 0.2) is 61.3 Å². The minimum Gasteiger partial charge on any atom is -0.377 e.